The number of pyridine rings is 1. The van der Waals surface area contributed by atoms with E-state index in [1.165, 1.54) is 17.8 Å². The van der Waals surface area contributed by atoms with Crippen molar-refractivity contribution in [2.45, 2.75) is 41.7 Å². The molecule has 5 unspecified atom stereocenters. The average molecular weight is 546 g/mol. The van der Waals surface area contributed by atoms with Crippen LogP contribution >= 0.6 is 11.8 Å². The first-order valence-electron chi connectivity index (χ1n) is 11.2. The molecule has 15 heteroatoms. The van der Waals surface area contributed by atoms with Gasteiger partial charge in [-0.05, 0) is 19.1 Å². The Bertz CT molecular complexity index is 1240. The summed E-state index contributed by atoms with van der Waals surface area (Å²) < 4.78 is 16.4. The van der Waals surface area contributed by atoms with Crippen LogP contribution in [0.15, 0.2) is 22.0 Å². The van der Waals surface area contributed by atoms with Crippen molar-refractivity contribution in [3.05, 3.63) is 33.7 Å². The Kier molecular flexibility index (Phi) is 9.12. The van der Waals surface area contributed by atoms with Crippen molar-refractivity contribution in [3.8, 4) is 0 Å². The quantitative estimate of drug-likeness (QED) is 0.197. The number of aliphatic hydroxyl groups is 5. The summed E-state index contributed by atoms with van der Waals surface area (Å²) >= 11 is 1.35. The average Bonchev–Trinajstić information content (AvgIpc) is 2.87. The Labute approximate surface area is 213 Å². The third-order valence-electron chi connectivity index (χ3n) is 6.05. The number of anilines is 1. The number of carboxylic acid groups (broad SMARTS) is 2. The number of fused-ring (bicyclic) bond motifs is 3. The van der Waals surface area contributed by atoms with Gasteiger partial charge in [0.1, 0.15) is 29.7 Å². The fourth-order valence-electron chi connectivity index (χ4n) is 4.04. The molecule has 2 aliphatic rings. The van der Waals surface area contributed by atoms with Gasteiger partial charge in [-0.2, -0.15) is 0 Å². The third-order valence-corrected chi connectivity index (χ3v) is 7.23. The van der Waals surface area contributed by atoms with E-state index in [0.717, 1.165) is 13.1 Å². The van der Waals surface area contributed by atoms with Gasteiger partial charge in [-0.3, -0.25) is 4.79 Å². The number of benzene rings is 1. The normalized spacial score (nSPS) is 20.1. The predicted octanol–water partition coefficient (Wildman–Crippen LogP) is -1.62. The van der Waals surface area contributed by atoms with Crippen LogP contribution in [-0.4, -0.2) is 109 Å². The minimum absolute atomic E-state index is 0.0162. The maximum Gasteiger partial charge on any atom is 0.342 e. The van der Waals surface area contributed by atoms with E-state index >= 15 is 0 Å². The first kappa shape index (κ1) is 28.8. The second-order valence-corrected chi connectivity index (χ2v) is 9.78. The highest BCUT2D eigenvalue weighted by molar-refractivity contribution is 8.00. The lowest BCUT2D eigenvalue weighted by atomic mass is 10.0. The minimum Gasteiger partial charge on any atom is -0.479 e. The maximum absolute atomic E-state index is 14.6. The summed E-state index contributed by atoms with van der Waals surface area (Å²) in [6, 6.07) is 2.87. The van der Waals surface area contributed by atoms with Crippen molar-refractivity contribution in [1.82, 2.24) is 9.88 Å². The number of aliphatic carboxylic acids is 1. The summed E-state index contributed by atoms with van der Waals surface area (Å²) in [4.78, 5) is 36.0. The van der Waals surface area contributed by atoms with Crippen LogP contribution in [-0.2, 0) is 4.79 Å². The van der Waals surface area contributed by atoms with E-state index in [9.17, 15) is 23.9 Å². The molecule has 4 rings (SSSR count). The molecule has 0 bridgehead atoms. The van der Waals surface area contributed by atoms with E-state index in [1.807, 2.05) is 16.4 Å². The van der Waals surface area contributed by atoms with Crippen LogP contribution in [0.25, 0.3) is 10.9 Å². The summed E-state index contributed by atoms with van der Waals surface area (Å²) in [7, 11) is 0. The highest BCUT2D eigenvalue weighted by Gasteiger charge is 2.34. The summed E-state index contributed by atoms with van der Waals surface area (Å²) in [6.45, 7) is 4.03. The lowest BCUT2D eigenvalue weighted by Gasteiger charge is -2.34. The van der Waals surface area contributed by atoms with Crippen LogP contribution in [0.1, 0.15) is 22.7 Å². The number of aromatic nitrogens is 1. The number of hydrogen-bond donors (Lipinski definition) is 8. The van der Waals surface area contributed by atoms with Crippen molar-refractivity contribution in [2.75, 3.05) is 37.7 Å². The van der Waals surface area contributed by atoms with Crippen molar-refractivity contribution in [1.29, 1.82) is 0 Å². The monoisotopic (exact) mass is 545 g/mol. The molecule has 1 aromatic carbocycles. The summed E-state index contributed by atoms with van der Waals surface area (Å²) in [5.41, 5.74) is 0.181. The molecule has 1 saturated heterocycles. The molecule has 0 aliphatic carbocycles. The first-order valence-corrected chi connectivity index (χ1v) is 12.1. The molecule has 37 heavy (non-hydrogen) atoms. The predicted molar refractivity (Wildman–Crippen MR) is 130 cm³/mol. The van der Waals surface area contributed by atoms with Crippen LogP contribution < -0.4 is 15.6 Å². The number of piperazine rings is 1. The number of nitrogens with zero attached hydrogens (tertiary/aromatic N) is 2. The van der Waals surface area contributed by atoms with Gasteiger partial charge in [0.25, 0.3) is 0 Å². The zero-order valence-electron chi connectivity index (χ0n) is 19.6. The van der Waals surface area contributed by atoms with Gasteiger partial charge in [-0.25, -0.2) is 14.0 Å². The highest BCUT2D eigenvalue weighted by atomic mass is 32.2. The van der Waals surface area contributed by atoms with Crippen molar-refractivity contribution < 1.29 is 49.7 Å². The zero-order valence-corrected chi connectivity index (χ0v) is 20.4. The van der Waals surface area contributed by atoms with Gasteiger partial charge in [-0.15, -0.1) is 0 Å². The number of halogens is 1. The number of rotatable bonds is 7. The smallest absolute Gasteiger partial charge is 0.342 e. The number of nitrogens with one attached hydrogen (secondary N) is 1. The second-order valence-electron chi connectivity index (χ2n) is 8.47. The van der Waals surface area contributed by atoms with Crippen LogP contribution in [0.4, 0.5) is 10.1 Å². The molecule has 8 N–H and O–H groups in total. The standard InChI is InChI=1S/C16H16FN3O3S.C6H12O7/c1-8-20-11-7-12(19-4-2-18-3-5-19)10(17)6-9(11)14(21)13(16(22)23)15(20)24-8;7-1-2(8)3(9)4(10)5(11)6(12)13/h6-8,18H,2-5H2,1H3,(H,22,23);2-5,7-11H,1H2,(H,12,13). The summed E-state index contributed by atoms with van der Waals surface area (Å²) in [6.07, 6.45) is -7.84. The number of thioether (sulfide) groups is 1. The SMILES string of the molecule is CC1Sc2c(C(=O)O)c(=O)c3cc(F)c(N4CCNCC4)cc3n21.O=C(O)C(O)C(O)C(O)C(O)CO. The topological polar surface area (TPSA) is 213 Å². The zero-order chi connectivity index (χ0) is 27.6. The van der Waals surface area contributed by atoms with E-state index in [2.05, 4.69) is 5.32 Å². The molecule has 3 heterocycles. The van der Waals surface area contributed by atoms with Crippen LogP contribution in [0.3, 0.4) is 0 Å². The van der Waals surface area contributed by atoms with Gasteiger partial charge >= 0.3 is 11.9 Å². The van der Waals surface area contributed by atoms with Crippen LogP contribution in [0, 0.1) is 5.82 Å². The molecule has 5 atom stereocenters. The van der Waals surface area contributed by atoms with E-state index in [0.29, 0.717) is 29.3 Å². The Balaban J connectivity index is 0.000000251. The van der Waals surface area contributed by atoms with E-state index in [-0.39, 0.29) is 16.3 Å². The number of aromatic carboxylic acids is 1. The lowest BCUT2D eigenvalue weighted by molar-refractivity contribution is -0.164. The fourth-order valence-corrected chi connectivity index (χ4v) is 5.20. The van der Waals surface area contributed by atoms with Gasteiger partial charge < -0.3 is 50.5 Å². The molecule has 1 aromatic heterocycles. The maximum atomic E-state index is 14.6. The molecule has 2 aliphatic heterocycles. The molecule has 0 saturated carbocycles. The number of aliphatic hydroxyl groups excluding tert-OH is 5. The molecule has 204 valence electrons. The van der Waals surface area contributed by atoms with Crippen molar-refractivity contribution >= 4 is 40.3 Å². The molecule has 0 spiro atoms. The molecule has 13 nitrogen and oxygen atoms in total. The van der Waals surface area contributed by atoms with Gasteiger partial charge in [0.2, 0.25) is 5.43 Å². The van der Waals surface area contributed by atoms with Crippen molar-refractivity contribution in [3.63, 3.8) is 0 Å². The van der Waals surface area contributed by atoms with Gasteiger partial charge in [0.15, 0.2) is 6.10 Å². The molecule has 1 fully saturated rings. The first-order chi connectivity index (χ1) is 17.4. The van der Waals surface area contributed by atoms with Crippen LogP contribution in [0.2, 0.25) is 0 Å². The largest absolute Gasteiger partial charge is 0.479 e. The van der Waals surface area contributed by atoms with Gasteiger partial charge in [0.05, 0.1) is 28.2 Å². The van der Waals surface area contributed by atoms with Gasteiger partial charge in [-0.1, -0.05) is 11.8 Å². The number of carboxylic acids is 2. The summed E-state index contributed by atoms with van der Waals surface area (Å²) in [5.74, 6) is -3.48. The molecule has 0 radical (unpaired) electrons. The van der Waals surface area contributed by atoms with E-state index in [4.69, 9.17) is 30.6 Å². The second kappa shape index (κ2) is 11.7. The Morgan fingerprint density at radius 2 is 1.76 bits per heavy atom. The Hall–Kier alpha value is -2.79. The van der Waals surface area contributed by atoms with E-state index < -0.39 is 54.2 Å². The fraction of sp³-hybridized carbons (Fsp3) is 0.500. The lowest BCUT2D eigenvalue weighted by Crippen LogP contribution is -2.48. The highest BCUT2D eigenvalue weighted by Crippen LogP contribution is 2.46. The third kappa shape index (κ3) is 5.72. The molecule has 2 aromatic rings. The summed E-state index contributed by atoms with van der Waals surface area (Å²) in [5, 5.41) is 65.0. The van der Waals surface area contributed by atoms with Crippen molar-refractivity contribution in [2.24, 2.45) is 0 Å². The number of hydrogen-bond acceptors (Lipinski definition) is 11. The minimum atomic E-state index is -2.20. The van der Waals surface area contributed by atoms with E-state index in [1.54, 1.807) is 6.07 Å². The molecule has 0 amide bonds. The number of carbonyl (C=O) groups is 2. The Morgan fingerprint density at radius 3 is 2.27 bits per heavy atom. The Morgan fingerprint density at radius 1 is 1.14 bits per heavy atom. The molecular weight excluding hydrogens is 517 g/mol. The van der Waals surface area contributed by atoms with Gasteiger partial charge in [0, 0.05) is 31.6 Å². The van der Waals surface area contributed by atoms with Crippen LogP contribution in [0.5, 0.6) is 0 Å². The molecular formula is C22H28FN3O10S.